The molecule has 1 unspecified atom stereocenters. The Morgan fingerprint density at radius 2 is 2.24 bits per heavy atom. The van der Waals surface area contributed by atoms with Crippen LogP contribution in [0.3, 0.4) is 0 Å². The fraction of sp³-hybridized carbons (Fsp3) is 0.500. The number of rotatable bonds is 3. The van der Waals surface area contributed by atoms with Gasteiger partial charge in [-0.15, -0.1) is 22.9 Å². The lowest BCUT2D eigenvalue weighted by Crippen LogP contribution is -2.24. The van der Waals surface area contributed by atoms with Crippen molar-refractivity contribution in [1.82, 2.24) is 9.55 Å². The molecule has 3 nitrogen and oxygen atoms in total. The highest BCUT2D eigenvalue weighted by atomic mass is 35.5. The Balaban J connectivity index is 2.57. The van der Waals surface area contributed by atoms with E-state index in [0.29, 0.717) is 12.4 Å². The van der Waals surface area contributed by atoms with Gasteiger partial charge >= 0.3 is 0 Å². The predicted octanol–water partition coefficient (Wildman–Crippen LogP) is 2.95. The van der Waals surface area contributed by atoms with Gasteiger partial charge in [-0.2, -0.15) is 0 Å². The van der Waals surface area contributed by atoms with Gasteiger partial charge in [0.1, 0.15) is 4.83 Å². The average molecular weight is 271 g/mol. The van der Waals surface area contributed by atoms with Crippen molar-refractivity contribution in [1.29, 1.82) is 0 Å². The molecule has 1 atom stereocenters. The molecule has 0 bridgehead atoms. The quantitative estimate of drug-likeness (QED) is 0.804. The van der Waals surface area contributed by atoms with Crippen LogP contribution in [-0.4, -0.2) is 15.4 Å². The SMILES string of the molecule is Cc1sc2ncn(CC(C)CCl)c(=O)c2c1C. The fourth-order valence-corrected chi connectivity index (χ4v) is 2.87. The van der Waals surface area contributed by atoms with Crippen LogP contribution in [0.4, 0.5) is 0 Å². The standard InChI is InChI=1S/C12H15ClN2OS/c1-7(4-13)5-15-6-14-11-10(12(15)16)8(2)9(3)17-11/h6-7H,4-5H2,1-3H3. The van der Waals surface area contributed by atoms with E-state index >= 15 is 0 Å². The van der Waals surface area contributed by atoms with E-state index in [1.54, 1.807) is 22.2 Å². The molecule has 5 heteroatoms. The van der Waals surface area contributed by atoms with E-state index in [1.807, 2.05) is 20.8 Å². The molecule has 2 aromatic heterocycles. The van der Waals surface area contributed by atoms with Crippen LogP contribution in [-0.2, 0) is 6.54 Å². The third kappa shape index (κ3) is 2.24. The molecule has 2 aromatic rings. The number of thiophene rings is 1. The van der Waals surface area contributed by atoms with Crippen LogP contribution < -0.4 is 5.56 Å². The molecule has 0 amide bonds. The molecule has 0 radical (unpaired) electrons. The van der Waals surface area contributed by atoms with Gasteiger partial charge in [-0.3, -0.25) is 9.36 Å². The van der Waals surface area contributed by atoms with Gasteiger partial charge in [-0.25, -0.2) is 4.98 Å². The number of fused-ring (bicyclic) bond motifs is 1. The number of nitrogens with zero attached hydrogens (tertiary/aromatic N) is 2. The van der Waals surface area contributed by atoms with Crippen LogP contribution in [0.2, 0.25) is 0 Å². The maximum absolute atomic E-state index is 12.3. The molecule has 17 heavy (non-hydrogen) atoms. The lowest BCUT2D eigenvalue weighted by atomic mass is 10.2. The summed E-state index contributed by atoms with van der Waals surface area (Å²) in [5.74, 6) is 0.820. The van der Waals surface area contributed by atoms with Crippen molar-refractivity contribution < 1.29 is 0 Å². The van der Waals surface area contributed by atoms with Gasteiger partial charge in [0, 0.05) is 17.3 Å². The van der Waals surface area contributed by atoms with Crippen molar-refractivity contribution in [2.75, 3.05) is 5.88 Å². The summed E-state index contributed by atoms with van der Waals surface area (Å²) in [5.41, 5.74) is 1.10. The van der Waals surface area contributed by atoms with Crippen molar-refractivity contribution in [3.8, 4) is 0 Å². The molecular formula is C12H15ClN2OS. The number of aromatic nitrogens is 2. The Hall–Kier alpha value is -0.870. The van der Waals surface area contributed by atoms with E-state index in [0.717, 1.165) is 20.7 Å². The zero-order valence-electron chi connectivity index (χ0n) is 10.2. The summed E-state index contributed by atoms with van der Waals surface area (Å²) in [6.07, 6.45) is 1.63. The molecule has 92 valence electrons. The Bertz CT molecular complexity index is 602. The van der Waals surface area contributed by atoms with Gasteiger partial charge in [-0.05, 0) is 25.3 Å². The van der Waals surface area contributed by atoms with E-state index in [9.17, 15) is 4.79 Å². The Morgan fingerprint density at radius 3 is 2.88 bits per heavy atom. The summed E-state index contributed by atoms with van der Waals surface area (Å²) in [6, 6.07) is 0. The van der Waals surface area contributed by atoms with Crippen LogP contribution in [0, 0.1) is 19.8 Å². The van der Waals surface area contributed by atoms with Gasteiger partial charge in [0.15, 0.2) is 0 Å². The fourth-order valence-electron chi connectivity index (χ4n) is 1.78. The van der Waals surface area contributed by atoms with Crippen molar-refractivity contribution in [3.63, 3.8) is 0 Å². The van der Waals surface area contributed by atoms with Crippen LogP contribution in [0.15, 0.2) is 11.1 Å². The molecule has 0 aliphatic heterocycles. The number of hydrogen-bond donors (Lipinski definition) is 0. The Labute approximate surface area is 109 Å². The molecular weight excluding hydrogens is 256 g/mol. The van der Waals surface area contributed by atoms with Crippen LogP contribution in [0.25, 0.3) is 10.2 Å². The third-order valence-corrected chi connectivity index (χ3v) is 4.57. The van der Waals surface area contributed by atoms with Crippen molar-refractivity contribution in [2.24, 2.45) is 5.92 Å². The number of hydrogen-bond acceptors (Lipinski definition) is 3. The first-order valence-corrected chi connectivity index (χ1v) is 6.90. The molecule has 0 fully saturated rings. The molecule has 0 saturated carbocycles. The van der Waals surface area contributed by atoms with Gasteiger partial charge < -0.3 is 0 Å². The monoisotopic (exact) mass is 270 g/mol. The number of halogens is 1. The first-order valence-electron chi connectivity index (χ1n) is 5.55. The summed E-state index contributed by atoms with van der Waals surface area (Å²) in [5, 5.41) is 0.761. The second-order valence-corrected chi connectivity index (χ2v) is 5.94. The van der Waals surface area contributed by atoms with Gasteiger partial charge in [0.2, 0.25) is 0 Å². The first kappa shape index (κ1) is 12.6. The Morgan fingerprint density at radius 1 is 1.53 bits per heavy atom. The Kier molecular flexibility index (Phi) is 3.54. The van der Waals surface area contributed by atoms with Crippen LogP contribution >= 0.6 is 22.9 Å². The molecule has 0 saturated heterocycles. The minimum atomic E-state index is 0.0498. The van der Waals surface area contributed by atoms with E-state index in [1.165, 1.54) is 0 Å². The highest BCUT2D eigenvalue weighted by Crippen LogP contribution is 2.25. The lowest BCUT2D eigenvalue weighted by Gasteiger charge is -2.09. The smallest absolute Gasteiger partial charge is 0.262 e. The van der Waals surface area contributed by atoms with Gasteiger partial charge in [0.05, 0.1) is 11.7 Å². The second kappa shape index (κ2) is 4.78. The largest absolute Gasteiger partial charge is 0.298 e. The summed E-state index contributed by atoms with van der Waals surface area (Å²) >= 11 is 7.35. The zero-order chi connectivity index (χ0) is 12.6. The summed E-state index contributed by atoms with van der Waals surface area (Å²) in [7, 11) is 0. The minimum Gasteiger partial charge on any atom is -0.298 e. The molecule has 2 rings (SSSR count). The van der Waals surface area contributed by atoms with Crippen molar-refractivity contribution >= 4 is 33.2 Å². The van der Waals surface area contributed by atoms with Crippen molar-refractivity contribution in [2.45, 2.75) is 27.3 Å². The van der Waals surface area contributed by atoms with Crippen molar-refractivity contribution in [3.05, 3.63) is 27.1 Å². The highest BCUT2D eigenvalue weighted by molar-refractivity contribution is 7.18. The van der Waals surface area contributed by atoms with E-state index in [2.05, 4.69) is 4.98 Å². The lowest BCUT2D eigenvalue weighted by molar-refractivity contribution is 0.513. The average Bonchev–Trinajstić information content (AvgIpc) is 2.59. The molecule has 0 aliphatic carbocycles. The summed E-state index contributed by atoms with van der Waals surface area (Å²) in [6.45, 7) is 6.65. The van der Waals surface area contributed by atoms with E-state index < -0.39 is 0 Å². The topological polar surface area (TPSA) is 34.9 Å². The molecule has 0 N–H and O–H groups in total. The van der Waals surface area contributed by atoms with Crippen LogP contribution in [0.5, 0.6) is 0 Å². The molecule has 2 heterocycles. The maximum atomic E-state index is 12.3. The molecule has 0 aromatic carbocycles. The molecule has 0 aliphatic rings. The maximum Gasteiger partial charge on any atom is 0.262 e. The molecule has 0 spiro atoms. The summed E-state index contributed by atoms with van der Waals surface area (Å²) in [4.78, 5) is 18.6. The zero-order valence-corrected chi connectivity index (χ0v) is 11.7. The number of aryl methyl sites for hydroxylation is 2. The predicted molar refractivity (Wildman–Crippen MR) is 73.2 cm³/mol. The summed E-state index contributed by atoms with van der Waals surface area (Å²) < 4.78 is 1.66. The van der Waals surface area contributed by atoms with E-state index in [-0.39, 0.29) is 11.5 Å². The van der Waals surface area contributed by atoms with Gasteiger partial charge in [-0.1, -0.05) is 6.92 Å². The van der Waals surface area contributed by atoms with Gasteiger partial charge in [0.25, 0.3) is 5.56 Å². The van der Waals surface area contributed by atoms with E-state index in [4.69, 9.17) is 11.6 Å². The second-order valence-electron chi connectivity index (χ2n) is 4.42. The number of alkyl halides is 1. The first-order chi connectivity index (χ1) is 8.04. The minimum absolute atomic E-state index is 0.0498. The third-order valence-electron chi connectivity index (χ3n) is 2.93. The highest BCUT2D eigenvalue weighted by Gasteiger charge is 2.12. The van der Waals surface area contributed by atoms with Crippen LogP contribution in [0.1, 0.15) is 17.4 Å². The normalized spacial score (nSPS) is 13.2.